The molecule has 2 aliphatic heterocycles. The van der Waals surface area contributed by atoms with E-state index >= 15 is 0 Å². The lowest BCUT2D eigenvalue weighted by Crippen LogP contribution is -2.61. The normalized spacial score (nSPS) is 22.0. The van der Waals surface area contributed by atoms with Crippen LogP contribution in [-0.2, 0) is 19.6 Å². The molecule has 2 aromatic carbocycles. The van der Waals surface area contributed by atoms with E-state index < -0.39 is 15.6 Å². The van der Waals surface area contributed by atoms with Crippen LogP contribution in [0.3, 0.4) is 0 Å². The molecule has 0 bridgehead atoms. The largest absolute Gasteiger partial charge is 0.363 e. The molecule has 1 saturated carbocycles. The first-order valence-electron chi connectivity index (χ1n) is 12.2. The van der Waals surface area contributed by atoms with Gasteiger partial charge in [-0.2, -0.15) is 4.31 Å². The van der Waals surface area contributed by atoms with Gasteiger partial charge in [-0.3, -0.25) is 9.78 Å². The Labute approximate surface area is 205 Å². The van der Waals surface area contributed by atoms with Gasteiger partial charge in [-0.25, -0.2) is 8.42 Å². The highest BCUT2D eigenvalue weighted by Gasteiger charge is 2.52. The van der Waals surface area contributed by atoms with Crippen molar-refractivity contribution in [3.63, 3.8) is 0 Å². The van der Waals surface area contributed by atoms with E-state index in [4.69, 9.17) is 4.74 Å². The Kier molecular flexibility index (Phi) is 5.25. The molecule has 7 nitrogen and oxygen atoms in total. The molecule has 3 aliphatic rings. The summed E-state index contributed by atoms with van der Waals surface area (Å²) in [5, 5.41) is 1.07. The number of benzene rings is 2. The summed E-state index contributed by atoms with van der Waals surface area (Å²) >= 11 is 0. The Hall–Kier alpha value is -2.81. The third-order valence-electron chi connectivity index (χ3n) is 7.94. The van der Waals surface area contributed by atoms with E-state index in [1.54, 1.807) is 22.6 Å². The molecule has 1 aliphatic carbocycles. The van der Waals surface area contributed by atoms with Gasteiger partial charge in [0, 0.05) is 30.2 Å². The van der Waals surface area contributed by atoms with Crippen molar-refractivity contribution < 1.29 is 17.9 Å². The summed E-state index contributed by atoms with van der Waals surface area (Å²) in [6.07, 6.45) is 5.01. The van der Waals surface area contributed by atoms with Crippen molar-refractivity contribution in [1.82, 2.24) is 14.2 Å². The van der Waals surface area contributed by atoms with Gasteiger partial charge in [0.25, 0.3) is 0 Å². The molecular formula is C27H29N3O4S. The molecule has 35 heavy (non-hydrogen) atoms. The standard InChI is InChI=1S/C27H29N3O4S/c1-26(10-11-26)30-19-27(34-18-25(30)31)12-15-29(16-13-27)35(32,33)23-8-6-20(7-9-23)22-5-4-21-3-2-14-28-24(21)17-22/h2-9,14,17H,10-13,15-16,18-19H2,1H3. The zero-order valence-electron chi connectivity index (χ0n) is 19.8. The monoisotopic (exact) mass is 491 g/mol. The summed E-state index contributed by atoms with van der Waals surface area (Å²) in [5.74, 6) is 0.0490. The van der Waals surface area contributed by atoms with Crippen molar-refractivity contribution in [3.8, 4) is 11.1 Å². The molecule has 3 heterocycles. The van der Waals surface area contributed by atoms with Crippen LogP contribution in [0.2, 0.25) is 0 Å². The Bertz CT molecular complexity index is 1390. The lowest BCUT2D eigenvalue weighted by Gasteiger charge is -2.48. The number of carbonyl (C=O) groups is 1. The third kappa shape index (κ3) is 4.03. The Morgan fingerprint density at radius 3 is 2.37 bits per heavy atom. The number of aromatic nitrogens is 1. The second kappa shape index (κ2) is 8.11. The molecule has 2 saturated heterocycles. The number of amides is 1. The van der Waals surface area contributed by atoms with Crippen LogP contribution in [-0.4, -0.2) is 65.9 Å². The molecule has 6 rings (SSSR count). The van der Waals surface area contributed by atoms with Crippen LogP contribution in [0.15, 0.2) is 65.7 Å². The summed E-state index contributed by atoms with van der Waals surface area (Å²) in [5.41, 5.74) is 2.37. The molecule has 0 atom stereocenters. The van der Waals surface area contributed by atoms with Crippen LogP contribution >= 0.6 is 0 Å². The van der Waals surface area contributed by atoms with Gasteiger partial charge >= 0.3 is 0 Å². The van der Waals surface area contributed by atoms with E-state index in [0.29, 0.717) is 37.4 Å². The summed E-state index contributed by atoms with van der Waals surface area (Å²) in [7, 11) is -3.61. The molecule has 3 fully saturated rings. The number of pyridine rings is 1. The molecule has 1 amide bonds. The predicted molar refractivity (Wildman–Crippen MR) is 133 cm³/mol. The van der Waals surface area contributed by atoms with Crippen molar-refractivity contribution in [3.05, 3.63) is 60.8 Å². The first-order chi connectivity index (χ1) is 16.8. The quantitative estimate of drug-likeness (QED) is 0.554. The smallest absolute Gasteiger partial charge is 0.249 e. The summed E-state index contributed by atoms with van der Waals surface area (Å²) in [6.45, 7) is 3.56. The highest BCUT2D eigenvalue weighted by molar-refractivity contribution is 7.89. The first kappa shape index (κ1) is 22.6. The maximum atomic E-state index is 13.4. The van der Waals surface area contributed by atoms with Gasteiger partial charge in [-0.15, -0.1) is 0 Å². The van der Waals surface area contributed by atoms with Gasteiger partial charge in [0.2, 0.25) is 15.9 Å². The summed E-state index contributed by atoms with van der Waals surface area (Å²) in [4.78, 5) is 19.1. The average molecular weight is 492 g/mol. The maximum Gasteiger partial charge on any atom is 0.249 e. The minimum absolute atomic E-state index is 0.0417. The Balaban J connectivity index is 1.16. The molecular weight excluding hydrogens is 462 g/mol. The van der Waals surface area contributed by atoms with Gasteiger partial charge in [0.05, 0.1) is 22.6 Å². The highest BCUT2D eigenvalue weighted by Crippen LogP contribution is 2.45. The first-order valence-corrected chi connectivity index (χ1v) is 13.6. The summed E-state index contributed by atoms with van der Waals surface area (Å²) < 4.78 is 34.3. The predicted octanol–water partition coefficient (Wildman–Crippen LogP) is 3.84. The molecule has 3 aromatic rings. The number of sulfonamides is 1. The number of ether oxygens (including phenoxy) is 1. The van der Waals surface area contributed by atoms with E-state index in [-0.39, 0.29) is 18.1 Å². The minimum Gasteiger partial charge on any atom is -0.363 e. The van der Waals surface area contributed by atoms with Crippen LogP contribution in [0.5, 0.6) is 0 Å². The Morgan fingerprint density at radius 1 is 0.943 bits per heavy atom. The molecule has 8 heteroatoms. The van der Waals surface area contributed by atoms with Crippen molar-refractivity contribution in [2.24, 2.45) is 0 Å². The fraction of sp³-hybridized carbons (Fsp3) is 0.407. The van der Waals surface area contributed by atoms with E-state index in [1.807, 2.05) is 47.4 Å². The molecule has 0 radical (unpaired) electrons. The molecule has 0 N–H and O–H groups in total. The third-order valence-corrected chi connectivity index (χ3v) is 9.85. The van der Waals surface area contributed by atoms with E-state index in [1.165, 1.54) is 0 Å². The number of piperidine rings is 1. The zero-order chi connectivity index (χ0) is 24.3. The van der Waals surface area contributed by atoms with Crippen molar-refractivity contribution in [1.29, 1.82) is 0 Å². The summed E-state index contributed by atoms with van der Waals surface area (Å²) in [6, 6.07) is 17.1. The fourth-order valence-electron chi connectivity index (χ4n) is 5.31. The molecule has 0 unspecified atom stereocenters. The van der Waals surface area contributed by atoms with Gasteiger partial charge in [-0.05, 0) is 68.0 Å². The topological polar surface area (TPSA) is 79.8 Å². The van der Waals surface area contributed by atoms with E-state index in [0.717, 1.165) is 34.9 Å². The van der Waals surface area contributed by atoms with Crippen molar-refractivity contribution >= 4 is 26.8 Å². The van der Waals surface area contributed by atoms with E-state index in [9.17, 15) is 13.2 Å². The molecule has 182 valence electrons. The lowest BCUT2D eigenvalue weighted by molar-refractivity contribution is -0.175. The average Bonchev–Trinajstić information content (AvgIpc) is 3.64. The van der Waals surface area contributed by atoms with Gasteiger partial charge < -0.3 is 9.64 Å². The second-order valence-electron chi connectivity index (χ2n) is 10.3. The van der Waals surface area contributed by atoms with Crippen LogP contribution in [0.4, 0.5) is 0 Å². The van der Waals surface area contributed by atoms with Crippen LogP contribution in [0, 0.1) is 0 Å². The number of morpholine rings is 1. The number of hydrogen-bond donors (Lipinski definition) is 0. The molecule has 1 aromatic heterocycles. The SMILES string of the molecule is CC1(N2CC3(CCN(S(=O)(=O)c4ccc(-c5ccc6cccnc6c5)cc4)CC3)OCC2=O)CC1. The number of hydrogen-bond acceptors (Lipinski definition) is 5. The van der Waals surface area contributed by atoms with E-state index in [2.05, 4.69) is 11.9 Å². The number of nitrogens with zero attached hydrogens (tertiary/aromatic N) is 3. The maximum absolute atomic E-state index is 13.4. The van der Waals surface area contributed by atoms with Crippen LogP contribution in [0.25, 0.3) is 22.0 Å². The zero-order valence-corrected chi connectivity index (χ0v) is 20.6. The Morgan fingerprint density at radius 2 is 1.66 bits per heavy atom. The number of fused-ring (bicyclic) bond motifs is 1. The van der Waals surface area contributed by atoms with Gasteiger partial charge in [0.15, 0.2) is 0 Å². The number of rotatable bonds is 4. The highest BCUT2D eigenvalue weighted by atomic mass is 32.2. The second-order valence-corrected chi connectivity index (χ2v) is 12.2. The lowest BCUT2D eigenvalue weighted by atomic mass is 9.89. The van der Waals surface area contributed by atoms with Crippen LogP contribution < -0.4 is 0 Å². The number of carbonyl (C=O) groups excluding carboxylic acids is 1. The fourth-order valence-corrected chi connectivity index (χ4v) is 6.75. The van der Waals surface area contributed by atoms with Crippen molar-refractivity contribution in [2.75, 3.05) is 26.2 Å². The van der Waals surface area contributed by atoms with Gasteiger partial charge in [0.1, 0.15) is 6.61 Å². The molecule has 1 spiro atoms. The van der Waals surface area contributed by atoms with Crippen LogP contribution in [0.1, 0.15) is 32.6 Å². The van der Waals surface area contributed by atoms with Gasteiger partial charge in [-0.1, -0.05) is 30.3 Å². The minimum atomic E-state index is -3.61. The van der Waals surface area contributed by atoms with Crippen molar-refractivity contribution in [2.45, 2.75) is 48.6 Å².